The fourth-order valence-electron chi connectivity index (χ4n) is 3.34. The first-order chi connectivity index (χ1) is 9.33. The van der Waals surface area contributed by atoms with Crippen molar-refractivity contribution in [2.45, 2.75) is 57.0 Å². The molecule has 0 amide bonds. The topological polar surface area (TPSA) is 24.1 Å². The predicted octanol–water partition coefficient (Wildman–Crippen LogP) is 3.47. The number of benzene rings is 1. The average Bonchev–Trinajstić information content (AvgIpc) is 2.83. The lowest BCUT2D eigenvalue weighted by Crippen LogP contribution is -2.43. The van der Waals surface area contributed by atoms with E-state index in [-0.39, 0.29) is 0 Å². The summed E-state index contributed by atoms with van der Waals surface area (Å²) in [5.41, 5.74) is 2.90. The van der Waals surface area contributed by atoms with Crippen molar-refractivity contribution in [1.82, 2.24) is 10.6 Å². The van der Waals surface area contributed by atoms with Crippen LogP contribution in [0.4, 0.5) is 0 Å². The summed E-state index contributed by atoms with van der Waals surface area (Å²) < 4.78 is 0. The fraction of sp³-hybridized carbons (Fsp3) is 0.562. The second-order valence-corrected chi connectivity index (χ2v) is 6.15. The molecule has 0 spiro atoms. The second kappa shape index (κ2) is 5.91. The van der Waals surface area contributed by atoms with E-state index in [4.69, 9.17) is 12.2 Å². The molecule has 0 radical (unpaired) electrons. The third-order valence-electron chi connectivity index (χ3n) is 4.38. The molecular weight excluding hydrogens is 252 g/mol. The zero-order valence-electron chi connectivity index (χ0n) is 11.3. The highest BCUT2D eigenvalue weighted by Gasteiger charge is 2.23. The van der Waals surface area contributed by atoms with Gasteiger partial charge in [-0.2, -0.15) is 0 Å². The minimum Gasteiger partial charge on any atom is -0.360 e. The first-order valence-corrected chi connectivity index (χ1v) is 7.88. The molecule has 0 heterocycles. The Balaban J connectivity index is 1.55. The van der Waals surface area contributed by atoms with Gasteiger partial charge in [0.05, 0.1) is 6.04 Å². The minimum atomic E-state index is 0.403. The number of fused-ring (bicyclic) bond motifs is 1. The number of nitrogens with one attached hydrogen (secondary N) is 2. The van der Waals surface area contributed by atoms with E-state index in [1.165, 1.54) is 49.7 Å². The Morgan fingerprint density at radius 1 is 1.00 bits per heavy atom. The van der Waals surface area contributed by atoms with Gasteiger partial charge in [-0.05, 0) is 49.0 Å². The summed E-state index contributed by atoms with van der Waals surface area (Å²) in [5, 5.41) is 7.84. The van der Waals surface area contributed by atoms with Crippen LogP contribution >= 0.6 is 12.2 Å². The molecule has 1 atom stereocenters. The van der Waals surface area contributed by atoms with E-state index in [0.29, 0.717) is 12.1 Å². The maximum Gasteiger partial charge on any atom is 0.166 e. The van der Waals surface area contributed by atoms with Crippen LogP contribution in [0.1, 0.15) is 55.7 Å². The third-order valence-corrected chi connectivity index (χ3v) is 4.61. The molecule has 1 aromatic carbocycles. The largest absolute Gasteiger partial charge is 0.360 e. The Kier molecular flexibility index (Phi) is 4.02. The molecule has 1 fully saturated rings. The molecule has 3 heteroatoms. The summed E-state index contributed by atoms with van der Waals surface area (Å²) in [6.07, 6.45) is 8.92. The third kappa shape index (κ3) is 3.08. The van der Waals surface area contributed by atoms with E-state index < -0.39 is 0 Å². The van der Waals surface area contributed by atoms with Crippen LogP contribution in [0.3, 0.4) is 0 Å². The standard InChI is InChI=1S/C16H22N2S/c19-16(17-13-7-2-1-3-8-13)18-15-11-10-12-6-4-5-9-14(12)15/h4-6,9,13,15H,1-3,7-8,10-11H2,(H2,17,18,19). The quantitative estimate of drug-likeness (QED) is 0.808. The van der Waals surface area contributed by atoms with Crippen LogP contribution in [-0.2, 0) is 6.42 Å². The van der Waals surface area contributed by atoms with Crippen molar-refractivity contribution >= 4 is 17.3 Å². The van der Waals surface area contributed by atoms with Crippen LogP contribution in [0.25, 0.3) is 0 Å². The van der Waals surface area contributed by atoms with Crippen molar-refractivity contribution in [3.05, 3.63) is 35.4 Å². The lowest BCUT2D eigenvalue weighted by molar-refractivity contribution is 0.410. The maximum atomic E-state index is 5.48. The Hall–Kier alpha value is -1.09. The van der Waals surface area contributed by atoms with Gasteiger partial charge in [0, 0.05) is 6.04 Å². The van der Waals surface area contributed by atoms with Crippen molar-refractivity contribution < 1.29 is 0 Å². The molecule has 19 heavy (non-hydrogen) atoms. The van der Waals surface area contributed by atoms with E-state index >= 15 is 0 Å². The molecule has 2 nitrogen and oxygen atoms in total. The molecule has 2 aliphatic carbocycles. The van der Waals surface area contributed by atoms with Gasteiger partial charge in [0.2, 0.25) is 0 Å². The molecule has 0 aromatic heterocycles. The van der Waals surface area contributed by atoms with Crippen LogP contribution in [0.5, 0.6) is 0 Å². The van der Waals surface area contributed by atoms with Gasteiger partial charge in [0.15, 0.2) is 5.11 Å². The van der Waals surface area contributed by atoms with Crippen molar-refractivity contribution in [3.63, 3.8) is 0 Å². The van der Waals surface area contributed by atoms with Crippen molar-refractivity contribution in [1.29, 1.82) is 0 Å². The number of hydrogen-bond donors (Lipinski definition) is 2. The number of hydrogen-bond acceptors (Lipinski definition) is 1. The molecule has 0 saturated heterocycles. The first kappa shape index (κ1) is 12.9. The molecule has 1 unspecified atom stereocenters. The monoisotopic (exact) mass is 274 g/mol. The summed E-state index contributed by atoms with van der Waals surface area (Å²) in [7, 11) is 0. The summed E-state index contributed by atoms with van der Waals surface area (Å²) in [5.74, 6) is 0. The molecule has 0 aliphatic heterocycles. The Bertz CT molecular complexity index is 452. The van der Waals surface area contributed by atoms with Gasteiger partial charge in [0.25, 0.3) is 0 Å². The van der Waals surface area contributed by atoms with Crippen LogP contribution in [0.2, 0.25) is 0 Å². The van der Waals surface area contributed by atoms with Gasteiger partial charge in [-0.15, -0.1) is 0 Å². The molecule has 1 saturated carbocycles. The Labute approximate surface area is 121 Å². The van der Waals surface area contributed by atoms with Gasteiger partial charge in [-0.1, -0.05) is 43.5 Å². The van der Waals surface area contributed by atoms with E-state index in [2.05, 4.69) is 34.9 Å². The van der Waals surface area contributed by atoms with E-state index in [1.807, 2.05) is 0 Å². The molecule has 2 aliphatic rings. The smallest absolute Gasteiger partial charge is 0.166 e. The lowest BCUT2D eigenvalue weighted by atomic mass is 9.96. The Morgan fingerprint density at radius 2 is 1.79 bits per heavy atom. The summed E-state index contributed by atoms with van der Waals surface area (Å²) in [4.78, 5) is 0. The zero-order valence-corrected chi connectivity index (χ0v) is 12.1. The van der Waals surface area contributed by atoms with Gasteiger partial charge >= 0.3 is 0 Å². The highest BCUT2D eigenvalue weighted by atomic mass is 32.1. The highest BCUT2D eigenvalue weighted by Crippen LogP contribution is 2.30. The molecule has 0 bridgehead atoms. The van der Waals surface area contributed by atoms with Gasteiger partial charge < -0.3 is 10.6 Å². The SMILES string of the molecule is S=C(NC1CCCCC1)NC1CCc2ccccc21. The maximum absolute atomic E-state index is 5.48. The second-order valence-electron chi connectivity index (χ2n) is 5.74. The van der Waals surface area contributed by atoms with Crippen LogP contribution in [0, 0.1) is 0 Å². The van der Waals surface area contributed by atoms with Crippen molar-refractivity contribution in [3.8, 4) is 0 Å². The number of thiocarbonyl (C=S) groups is 1. The molecule has 3 rings (SSSR count). The van der Waals surface area contributed by atoms with Crippen molar-refractivity contribution in [2.24, 2.45) is 0 Å². The van der Waals surface area contributed by atoms with Crippen LogP contribution in [0.15, 0.2) is 24.3 Å². The molecule has 2 N–H and O–H groups in total. The molecule has 102 valence electrons. The lowest BCUT2D eigenvalue weighted by Gasteiger charge is -2.26. The fourth-order valence-corrected chi connectivity index (χ4v) is 3.65. The van der Waals surface area contributed by atoms with E-state index in [0.717, 1.165) is 11.5 Å². The minimum absolute atomic E-state index is 0.403. The average molecular weight is 274 g/mol. The van der Waals surface area contributed by atoms with Crippen LogP contribution in [-0.4, -0.2) is 11.2 Å². The summed E-state index contributed by atoms with van der Waals surface area (Å²) >= 11 is 5.48. The predicted molar refractivity (Wildman–Crippen MR) is 83.2 cm³/mol. The van der Waals surface area contributed by atoms with Gasteiger partial charge in [0.1, 0.15) is 0 Å². The molecule has 1 aromatic rings. The van der Waals surface area contributed by atoms with Crippen LogP contribution < -0.4 is 10.6 Å². The van der Waals surface area contributed by atoms with E-state index in [9.17, 15) is 0 Å². The first-order valence-electron chi connectivity index (χ1n) is 7.48. The zero-order chi connectivity index (χ0) is 13.1. The summed E-state index contributed by atoms with van der Waals surface area (Å²) in [6.45, 7) is 0. The van der Waals surface area contributed by atoms with Gasteiger partial charge in [-0.25, -0.2) is 0 Å². The number of aryl methyl sites for hydroxylation is 1. The molecular formula is C16H22N2S. The number of rotatable bonds is 2. The van der Waals surface area contributed by atoms with Crippen molar-refractivity contribution in [2.75, 3.05) is 0 Å². The Morgan fingerprint density at radius 3 is 2.63 bits per heavy atom. The normalized spacial score (nSPS) is 22.8. The van der Waals surface area contributed by atoms with E-state index in [1.54, 1.807) is 0 Å². The van der Waals surface area contributed by atoms with Gasteiger partial charge in [-0.3, -0.25) is 0 Å². The highest BCUT2D eigenvalue weighted by molar-refractivity contribution is 7.80. The summed E-state index contributed by atoms with van der Waals surface area (Å²) in [6, 6.07) is 9.69.